The number of benzene rings is 2. The van der Waals surface area contributed by atoms with Crippen LogP contribution in [0.3, 0.4) is 0 Å². The van der Waals surface area contributed by atoms with Crippen molar-refractivity contribution < 1.29 is 20.1 Å². The molecule has 1 heterocycles. The summed E-state index contributed by atoms with van der Waals surface area (Å²) in [6.45, 7) is 9.01. The van der Waals surface area contributed by atoms with Gasteiger partial charge in [-0.15, -0.1) is 0 Å². The summed E-state index contributed by atoms with van der Waals surface area (Å²) in [5.41, 5.74) is 5.16. The summed E-state index contributed by atoms with van der Waals surface area (Å²) < 4.78 is 2.25. The van der Waals surface area contributed by atoms with Crippen LogP contribution in [-0.4, -0.2) is 9.55 Å². The van der Waals surface area contributed by atoms with Gasteiger partial charge < -0.3 is 0 Å². The van der Waals surface area contributed by atoms with Gasteiger partial charge in [0.25, 0.3) is 0 Å². The summed E-state index contributed by atoms with van der Waals surface area (Å²) in [5.74, 6) is 1.94. The Kier molecular flexibility index (Phi) is 6.15. The minimum absolute atomic E-state index is 0. The zero-order valence-electron chi connectivity index (χ0n) is 14.7. The van der Waals surface area contributed by atoms with E-state index in [1.807, 2.05) is 12.3 Å². The molecule has 0 fully saturated rings. The van der Waals surface area contributed by atoms with E-state index in [9.17, 15) is 0 Å². The van der Waals surface area contributed by atoms with Gasteiger partial charge in [0, 0.05) is 38.1 Å². The van der Waals surface area contributed by atoms with Gasteiger partial charge in [0.15, 0.2) is 0 Å². The standard InChI is InChI=1S/C21H24N2.Ir/c1-15(2)18-11-8-12-19(16(3)4)20(18)23-14-13-22-21(23)17-9-6-5-7-10-17;/h5-16H,1-4H3;. The molecule has 0 aliphatic carbocycles. The van der Waals surface area contributed by atoms with Crippen LogP contribution in [0.5, 0.6) is 0 Å². The number of para-hydroxylation sites is 1. The molecule has 24 heavy (non-hydrogen) atoms. The fourth-order valence-electron chi connectivity index (χ4n) is 3.07. The molecule has 2 nitrogen and oxygen atoms in total. The van der Waals surface area contributed by atoms with Gasteiger partial charge in [-0.25, -0.2) is 4.98 Å². The minimum atomic E-state index is 0. The van der Waals surface area contributed by atoms with Crippen LogP contribution >= 0.6 is 0 Å². The van der Waals surface area contributed by atoms with Crippen LogP contribution < -0.4 is 0 Å². The van der Waals surface area contributed by atoms with E-state index in [4.69, 9.17) is 0 Å². The maximum atomic E-state index is 4.63. The maximum absolute atomic E-state index is 4.63. The first-order chi connectivity index (χ1) is 11.1. The Morgan fingerprint density at radius 1 is 0.792 bits per heavy atom. The number of hydrogen-bond donors (Lipinski definition) is 0. The van der Waals surface area contributed by atoms with Gasteiger partial charge >= 0.3 is 0 Å². The van der Waals surface area contributed by atoms with Crippen molar-refractivity contribution >= 4 is 0 Å². The predicted molar refractivity (Wildman–Crippen MR) is 97.2 cm³/mol. The molecule has 1 aromatic heterocycles. The Bertz CT molecular complexity index is 762. The fourth-order valence-corrected chi connectivity index (χ4v) is 3.07. The van der Waals surface area contributed by atoms with Crippen LogP contribution in [0.1, 0.15) is 50.7 Å². The molecule has 0 spiro atoms. The van der Waals surface area contributed by atoms with Crippen molar-refractivity contribution in [3.8, 4) is 17.1 Å². The normalized spacial score (nSPS) is 10.9. The van der Waals surface area contributed by atoms with Crippen LogP contribution in [-0.2, 0) is 20.1 Å². The van der Waals surface area contributed by atoms with Gasteiger partial charge in [-0.1, -0.05) is 76.2 Å². The zero-order valence-corrected chi connectivity index (χ0v) is 17.1. The number of hydrogen-bond acceptors (Lipinski definition) is 1. The molecule has 0 amide bonds. The molecule has 127 valence electrons. The number of rotatable bonds is 4. The predicted octanol–water partition coefficient (Wildman–Crippen LogP) is 5.78. The second kappa shape index (κ2) is 7.92. The van der Waals surface area contributed by atoms with Crippen molar-refractivity contribution in [1.82, 2.24) is 9.55 Å². The van der Waals surface area contributed by atoms with Crippen LogP contribution in [0.25, 0.3) is 17.1 Å². The van der Waals surface area contributed by atoms with Crippen LogP contribution in [0.15, 0.2) is 60.9 Å². The topological polar surface area (TPSA) is 17.8 Å². The molecule has 0 aliphatic heterocycles. The molecule has 3 rings (SSSR count). The van der Waals surface area contributed by atoms with E-state index in [-0.39, 0.29) is 20.1 Å². The quantitative estimate of drug-likeness (QED) is 0.448. The fraction of sp³-hybridized carbons (Fsp3) is 0.286. The number of nitrogens with zero attached hydrogens (tertiary/aromatic N) is 2. The molecule has 0 aliphatic rings. The molecule has 0 atom stereocenters. The van der Waals surface area contributed by atoms with Crippen molar-refractivity contribution in [2.75, 3.05) is 0 Å². The summed E-state index contributed by atoms with van der Waals surface area (Å²) in [7, 11) is 0. The van der Waals surface area contributed by atoms with E-state index in [2.05, 4.69) is 85.9 Å². The molecule has 0 saturated carbocycles. The Morgan fingerprint density at radius 2 is 1.38 bits per heavy atom. The van der Waals surface area contributed by atoms with Crippen molar-refractivity contribution in [2.24, 2.45) is 0 Å². The van der Waals surface area contributed by atoms with Crippen molar-refractivity contribution in [3.05, 3.63) is 72.1 Å². The molecule has 2 aromatic carbocycles. The van der Waals surface area contributed by atoms with Crippen LogP contribution in [0.2, 0.25) is 0 Å². The Hall–Kier alpha value is -1.70. The molecule has 0 bridgehead atoms. The monoisotopic (exact) mass is 497 g/mol. The molecule has 0 unspecified atom stereocenters. The first kappa shape index (κ1) is 18.6. The number of aromatic nitrogens is 2. The average Bonchev–Trinajstić information content (AvgIpc) is 3.04. The molecule has 3 heteroatoms. The van der Waals surface area contributed by atoms with Crippen molar-refractivity contribution in [1.29, 1.82) is 0 Å². The average molecular weight is 497 g/mol. The number of imidazole rings is 1. The van der Waals surface area contributed by atoms with Gasteiger partial charge in [0.2, 0.25) is 0 Å². The van der Waals surface area contributed by atoms with E-state index in [1.165, 1.54) is 16.8 Å². The third kappa shape index (κ3) is 3.53. The third-order valence-corrected chi connectivity index (χ3v) is 4.26. The second-order valence-electron chi connectivity index (χ2n) is 6.58. The van der Waals surface area contributed by atoms with E-state index in [0.717, 1.165) is 11.4 Å². The van der Waals surface area contributed by atoms with E-state index < -0.39 is 0 Å². The summed E-state index contributed by atoms with van der Waals surface area (Å²) in [4.78, 5) is 4.63. The molecule has 0 N–H and O–H groups in total. The molecule has 3 aromatic rings. The molecular formula is C21H24IrN2. The second-order valence-corrected chi connectivity index (χ2v) is 6.58. The van der Waals surface area contributed by atoms with Crippen LogP contribution in [0, 0.1) is 0 Å². The first-order valence-corrected chi connectivity index (χ1v) is 8.31. The van der Waals surface area contributed by atoms with Gasteiger partial charge in [-0.05, 0) is 23.0 Å². The summed E-state index contributed by atoms with van der Waals surface area (Å²) in [6.07, 6.45) is 3.97. The molecule has 1 radical (unpaired) electrons. The van der Waals surface area contributed by atoms with Crippen molar-refractivity contribution in [2.45, 2.75) is 39.5 Å². The summed E-state index contributed by atoms with van der Waals surface area (Å²) in [5, 5.41) is 0. The summed E-state index contributed by atoms with van der Waals surface area (Å²) in [6, 6.07) is 17.0. The Labute approximate surface area is 158 Å². The van der Waals surface area contributed by atoms with E-state index in [1.54, 1.807) is 0 Å². The zero-order chi connectivity index (χ0) is 16.4. The summed E-state index contributed by atoms with van der Waals surface area (Å²) >= 11 is 0. The Morgan fingerprint density at radius 3 is 1.92 bits per heavy atom. The first-order valence-electron chi connectivity index (χ1n) is 8.31. The smallest absolute Gasteiger partial charge is 0.144 e. The van der Waals surface area contributed by atoms with E-state index in [0.29, 0.717) is 11.8 Å². The van der Waals surface area contributed by atoms with Gasteiger partial charge in [-0.3, -0.25) is 4.57 Å². The Balaban J connectivity index is 0.00000208. The molecular weight excluding hydrogens is 472 g/mol. The van der Waals surface area contributed by atoms with Gasteiger partial charge in [-0.2, -0.15) is 0 Å². The van der Waals surface area contributed by atoms with E-state index >= 15 is 0 Å². The minimum Gasteiger partial charge on any atom is -0.299 e. The maximum Gasteiger partial charge on any atom is 0.144 e. The van der Waals surface area contributed by atoms with Gasteiger partial charge in [0.1, 0.15) is 5.82 Å². The van der Waals surface area contributed by atoms with Crippen LogP contribution in [0.4, 0.5) is 0 Å². The third-order valence-electron chi connectivity index (χ3n) is 4.26. The SMILES string of the molecule is CC(C)c1cccc(C(C)C)c1-n1ccnc1-c1ccccc1.[Ir]. The van der Waals surface area contributed by atoms with Gasteiger partial charge in [0.05, 0.1) is 5.69 Å². The van der Waals surface area contributed by atoms with Crippen molar-refractivity contribution in [3.63, 3.8) is 0 Å². The largest absolute Gasteiger partial charge is 0.299 e. The molecule has 0 saturated heterocycles.